The first-order chi connectivity index (χ1) is 9.00. The zero-order chi connectivity index (χ0) is 13.9. The fourth-order valence-electron chi connectivity index (χ4n) is 1.37. The van der Waals surface area contributed by atoms with Crippen molar-refractivity contribution in [3.63, 3.8) is 0 Å². The lowest BCUT2D eigenvalue weighted by atomic mass is 10.2. The summed E-state index contributed by atoms with van der Waals surface area (Å²) in [7, 11) is 0. The van der Waals surface area contributed by atoms with Crippen LogP contribution in [0.2, 0.25) is 0 Å². The van der Waals surface area contributed by atoms with E-state index < -0.39 is 11.9 Å². The molecule has 19 heavy (non-hydrogen) atoms. The molecule has 0 aliphatic heterocycles. The fourth-order valence-corrected chi connectivity index (χ4v) is 1.37. The van der Waals surface area contributed by atoms with E-state index in [1.165, 1.54) is 0 Å². The third-order valence-electron chi connectivity index (χ3n) is 2.29. The highest BCUT2D eigenvalue weighted by Crippen LogP contribution is 2.28. The van der Waals surface area contributed by atoms with Crippen molar-refractivity contribution in [2.45, 2.75) is 12.8 Å². The van der Waals surface area contributed by atoms with E-state index >= 15 is 0 Å². The third kappa shape index (κ3) is 3.19. The summed E-state index contributed by atoms with van der Waals surface area (Å²) >= 11 is 0. The summed E-state index contributed by atoms with van der Waals surface area (Å²) in [6, 6.07) is 8.44. The van der Waals surface area contributed by atoms with E-state index in [1.807, 2.05) is 0 Å². The highest BCUT2D eigenvalue weighted by atomic mass is 19.4. The average molecular weight is 270 g/mol. The lowest BCUT2D eigenvalue weighted by molar-refractivity contribution is -0.141. The van der Waals surface area contributed by atoms with Crippen LogP contribution in [0.25, 0.3) is 0 Å². The molecule has 1 heterocycles. The number of aromatic nitrogens is 2. The van der Waals surface area contributed by atoms with Crippen molar-refractivity contribution in [3.05, 3.63) is 47.7 Å². The quantitative estimate of drug-likeness (QED) is 0.931. The molecule has 0 saturated carbocycles. The van der Waals surface area contributed by atoms with E-state index in [2.05, 4.69) is 10.2 Å². The van der Waals surface area contributed by atoms with Crippen molar-refractivity contribution in [1.29, 1.82) is 0 Å². The zero-order valence-corrected chi connectivity index (χ0v) is 9.55. The van der Waals surface area contributed by atoms with Gasteiger partial charge in [0.25, 0.3) is 0 Å². The van der Waals surface area contributed by atoms with Gasteiger partial charge >= 0.3 is 6.18 Å². The van der Waals surface area contributed by atoms with Gasteiger partial charge < -0.3 is 9.84 Å². The van der Waals surface area contributed by atoms with Crippen LogP contribution in [-0.2, 0) is 12.8 Å². The molecule has 1 aromatic heterocycles. The van der Waals surface area contributed by atoms with Gasteiger partial charge in [0.1, 0.15) is 5.75 Å². The summed E-state index contributed by atoms with van der Waals surface area (Å²) in [5.41, 5.74) is -0.584. The van der Waals surface area contributed by atoms with Crippen molar-refractivity contribution in [2.75, 3.05) is 0 Å². The Labute approximate surface area is 106 Å². The van der Waals surface area contributed by atoms with Crippen LogP contribution in [0, 0.1) is 0 Å². The standard InChI is InChI=1S/C12H9F3N2O2/c13-12(14,15)10-5-6-11(17-16-10)19-9-4-2-1-3-8(9)7-18/h1-6,18H,7H2. The van der Waals surface area contributed by atoms with Gasteiger partial charge in [-0.05, 0) is 12.1 Å². The number of rotatable bonds is 3. The number of aliphatic hydroxyl groups excluding tert-OH is 1. The van der Waals surface area contributed by atoms with Crippen molar-refractivity contribution < 1.29 is 23.0 Å². The summed E-state index contributed by atoms with van der Waals surface area (Å²) < 4.78 is 42.1. The van der Waals surface area contributed by atoms with Gasteiger partial charge in [0, 0.05) is 11.6 Å². The van der Waals surface area contributed by atoms with Crippen LogP contribution >= 0.6 is 0 Å². The molecule has 0 aliphatic carbocycles. The molecule has 0 unspecified atom stereocenters. The van der Waals surface area contributed by atoms with Crippen LogP contribution in [0.15, 0.2) is 36.4 Å². The summed E-state index contributed by atoms with van der Waals surface area (Å²) in [6.07, 6.45) is -4.53. The van der Waals surface area contributed by atoms with Gasteiger partial charge in [-0.15, -0.1) is 10.2 Å². The van der Waals surface area contributed by atoms with Gasteiger partial charge in [-0.3, -0.25) is 0 Å². The van der Waals surface area contributed by atoms with Gasteiger partial charge in [0.15, 0.2) is 5.69 Å². The number of alkyl halides is 3. The molecule has 4 nitrogen and oxygen atoms in total. The number of hydrogen-bond donors (Lipinski definition) is 1. The summed E-state index contributed by atoms with van der Waals surface area (Å²) in [4.78, 5) is 0. The minimum Gasteiger partial charge on any atom is -0.437 e. The number of nitrogens with zero attached hydrogens (tertiary/aromatic N) is 2. The first kappa shape index (κ1) is 13.3. The fraction of sp³-hybridized carbons (Fsp3) is 0.167. The van der Waals surface area contributed by atoms with Gasteiger partial charge in [-0.25, -0.2) is 0 Å². The maximum absolute atomic E-state index is 12.3. The number of ether oxygens (including phenoxy) is 1. The Balaban J connectivity index is 2.20. The molecule has 7 heteroatoms. The molecule has 100 valence electrons. The molecule has 0 amide bonds. The van der Waals surface area contributed by atoms with E-state index in [0.29, 0.717) is 11.3 Å². The topological polar surface area (TPSA) is 55.2 Å². The molecule has 2 aromatic rings. The lowest BCUT2D eigenvalue weighted by Gasteiger charge is -2.09. The second-order valence-electron chi connectivity index (χ2n) is 3.62. The molecule has 0 saturated heterocycles. The van der Waals surface area contributed by atoms with Crippen molar-refractivity contribution in [3.8, 4) is 11.6 Å². The Kier molecular flexibility index (Phi) is 3.66. The smallest absolute Gasteiger partial charge is 0.435 e. The Bertz CT molecular complexity index is 556. The predicted octanol–water partition coefficient (Wildman–Crippen LogP) is 2.78. The Hall–Kier alpha value is -2.15. The van der Waals surface area contributed by atoms with Crippen LogP contribution in [0.4, 0.5) is 13.2 Å². The molecule has 1 N–H and O–H groups in total. The number of hydrogen-bond acceptors (Lipinski definition) is 4. The molecule has 0 radical (unpaired) electrons. The van der Waals surface area contributed by atoms with Gasteiger partial charge in [0.2, 0.25) is 5.88 Å². The molecule has 0 aliphatic rings. The maximum Gasteiger partial charge on any atom is 0.435 e. The van der Waals surface area contributed by atoms with E-state index in [1.54, 1.807) is 24.3 Å². The Morgan fingerprint density at radius 1 is 1.05 bits per heavy atom. The van der Waals surface area contributed by atoms with Crippen LogP contribution in [0.3, 0.4) is 0 Å². The highest BCUT2D eigenvalue weighted by molar-refractivity contribution is 5.35. The van der Waals surface area contributed by atoms with Crippen LogP contribution in [0.1, 0.15) is 11.3 Å². The van der Waals surface area contributed by atoms with Crippen molar-refractivity contribution >= 4 is 0 Å². The largest absolute Gasteiger partial charge is 0.437 e. The third-order valence-corrected chi connectivity index (χ3v) is 2.29. The van der Waals surface area contributed by atoms with Crippen molar-refractivity contribution in [1.82, 2.24) is 10.2 Å². The zero-order valence-electron chi connectivity index (χ0n) is 9.55. The van der Waals surface area contributed by atoms with Gasteiger partial charge in [-0.1, -0.05) is 18.2 Å². The molecule has 2 rings (SSSR count). The van der Waals surface area contributed by atoms with E-state index in [9.17, 15) is 13.2 Å². The summed E-state index contributed by atoms with van der Waals surface area (Å²) in [5, 5.41) is 15.5. The summed E-state index contributed by atoms with van der Waals surface area (Å²) in [6.45, 7) is -0.246. The first-order valence-corrected chi connectivity index (χ1v) is 5.28. The minimum absolute atomic E-state index is 0.0751. The van der Waals surface area contributed by atoms with E-state index in [-0.39, 0.29) is 12.5 Å². The Morgan fingerprint density at radius 3 is 2.37 bits per heavy atom. The van der Waals surface area contributed by atoms with Crippen molar-refractivity contribution in [2.24, 2.45) is 0 Å². The molecule has 1 aromatic carbocycles. The first-order valence-electron chi connectivity index (χ1n) is 5.28. The second kappa shape index (κ2) is 5.23. The molecular formula is C12H9F3N2O2. The highest BCUT2D eigenvalue weighted by Gasteiger charge is 2.32. The number of halogens is 3. The van der Waals surface area contributed by atoms with Crippen LogP contribution in [0.5, 0.6) is 11.6 Å². The molecule has 0 bridgehead atoms. The lowest BCUT2D eigenvalue weighted by Crippen LogP contribution is -2.09. The monoisotopic (exact) mass is 270 g/mol. The molecule has 0 fully saturated rings. The van der Waals surface area contributed by atoms with Gasteiger partial charge in [-0.2, -0.15) is 13.2 Å². The number of aliphatic hydroxyl groups is 1. The number of benzene rings is 1. The Morgan fingerprint density at radius 2 is 1.79 bits per heavy atom. The molecule has 0 atom stereocenters. The van der Waals surface area contributed by atoms with E-state index in [0.717, 1.165) is 12.1 Å². The predicted molar refractivity (Wildman–Crippen MR) is 59.5 cm³/mol. The van der Waals surface area contributed by atoms with Crippen LogP contribution in [-0.4, -0.2) is 15.3 Å². The second-order valence-corrected chi connectivity index (χ2v) is 3.62. The normalized spacial score (nSPS) is 11.4. The molecular weight excluding hydrogens is 261 g/mol. The summed E-state index contributed by atoms with van der Waals surface area (Å²) in [5.74, 6) is 0.243. The van der Waals surface area contributed by atoms with Gasteiger partial charge in [0.05, 0.1) is 6.61 Å². The van der Waals surface area contributed by atoms with E-state index in [4.69, 9.17) is 9.84 Å². The SMILES string of the molecule is OCc1ccccc1Oc1ccc(C(F)(F)F)nn1. The maximum atomic E-state index is 12.3. The average Bonchev–Trinajstić information content (AvgIpc) is 2.39. The molecule has 0 spiro atoms. The minimum atomic E-state index is -4.53. The van der Waals surface area contributed by atoms with Crippen LogP contribution < -0.4 is 4.74 Å². The number of para-hydroxylation sites is 1.